The molecule has 0 fully saturated rings. The monoisotopic (exact) mass is 250 g/mol. The van der Waals surface area contributed by atoms with Crippen molar-refractivity contribution in [2.75, 3.05) is 0 Å². The highest BCUT2D eigenvalue weighted by molar-refractivity contribution is 9.10. The van der Waals surface area contributed by atoms with Crippen LogP contribution in [0.2, 0.25) is 0 Å². The Morgan fingerprint density at radius 2 is 2.14 bits per heavy atom. The average molecular weight is 251 g/mol. The number of nitrogens with zero attached hydrogens (tertiary/aromatic N) is 2. The minimum absolute atomic E-state index is 1.10. The van der Waals surface area contributed by atoms with Crippen molar-refractivity contribution in [3.05, 3.63) is 40.6 Å². The van der Waals surface area contributed by atoms with E-state index in [1.165, 1.54) is 16.8 Å². The lowest BCUT2D eigenvalue weighted by atomic mass is 10.1. The molecule has 72 valence electrons. The van der Waals surface area contributed by atoms with E-state index in [1.54, 1.807) is 0 Å². The minimum atomic E-state index is 1.10. The summed E-state index contributed by atoms with van der Waals surface area (Å²) in [7, 11) is 1.96. The highest BCUT2D eigenvalue weighted by Crippen LogP contribution is 2.25. The van der Waals surface area contributed by atoms with E-state index in [-0.39, 0.29) is 0 Å². The fourth-order valence-electron chi connectivity index (χ4n) is 1.44. The maximum absolute atomic E-state index is 4.22. The molecule has 1 aromatic heterocycles. The van der Waals surface area contributed by atoms with Crippen molar-refractivity contribution in [2.24, 2.45) is 7.05 Å². The molecule has 2 aromatic rings. The van der Waals surface area contributed by atoms with Crippen LogP contribution in [0.25, 0.3) is 11.1 Å². The number of aryl methyl sites for hydroxylation is 1. The predicted molar refractivity (Wildman–Crippen MR) is 61.1 cm³/mol. The largest absolute Gasteiger partial charge is 0.272 e. The van der Waals surface area contributed by atoms with Gasteiger partial charge in [-0.15, -0.1) is 0 Å². The molecule has 0 saturated heterocycles. The first-order chi connectivity index (χ1) is 6.68. The summed E-state index contributed by atoms with van der Waals surface area (Å²) in [5, 5.41) is 4.22. The zero-order valence-corrected chi connectivity index (χ0v) is 9.75. The van der Waals surface area contributed by atoms with Crippen molar-refractivity contribution in [1.82, 2.24) is 9.78 Å². The Morgan fingerprint density at radius 3 is 2.71 bits per heavy atom. The highest BCUT2D eigenvalue weighted by atomic mass is 79.9. The van der Waals surface area contributed by atoms with Crippen molar-refractivity contribution < 1.29 is 0 Å². The van der Waals surface area contributed by atoms with Crippen LogP contribution in [-0.2, 0) is 7.05 Å². The Kier molecular flexibility index (Phi) is 2.42. The maximum Gasteiger partial charge on any atom is 0.0571 e. The van der Waals surface area contributed by atoms with E-state index in [4.69, 9.17) is 0 Å². The lowest BCUT2D eigenvalue weighted by molar-refractivity contribution is 0.740. The second-order valence-corrected chi connectivity index (χ2v) is 4.19. The summed E-state index contributed by atoms with van der Waals surface area (Å²) in [5.41, 5.74) is 3.57. The topological polar surface area (TPSA) is 17.8 Å². The van der Waals surface area contributed by atoms with Crippen LogP contribution in [0.3, 0.4) is 0 Å². The van der Waals surface area contributed by atoms with Gasteiger partial charge in [-0.2, -0.15) is 5.10 Å². The summed E-state index contributed by atoms with van der Waals surface area (Å²) in [6, 6.07) is 8.25. The van der Waals surface area contributed by atoms with E-state index in [9.17, 15) is 0 Å². The fraction of sp³-hybridized carbons (Fsp3) is 0.182. The van der Waals surface area contributed by atoms with E-state index >= 15 is 0 Å². The van der Waals surface area contributed by atoms with Crippen LogP contribution in [0.4, 0.5) is 0 Å². The SMILES string of the molecule is Cc1c(-c2cccc(Br)c2)cnn1C. The smallest absolute Gasteiger partial charge is 0.0571 e. The molecule has 0 saturated carbocycles. The van der Waals surface area contributed by atoms with E-state index in [0.717, 1.165) is 4.47 Å². The molecule has 0 amide bonds. The molecule has 2 nitrogen and oxygen atoms in total. The van der Waals surface area contributed by atoms with Crippen LogP contribution in [0, 0.1) is 6.92 Å². The van der Waals surface area contributed by atoms with Gasteiger partial charge in [0.05, 0.1) is 6.20 Å². The maximum atomic E-state index is 4.22. The number of rotatable bonds is 1. The van der Waals surface area contributed by atoms with Gasteiger partial charge in [-0.25, -0.2) is 0 Å². The van der Waals surface area contributed by atoms with Crippen LogP contribution in [0.5, 0.6) is 0 Å². The van der Waals surface area contributed by atoms with Crippen LogP contribution in [-0.4, -0.2) is 9.78 Å². The number of aromatic nitrogens is 2. The molecule has 1 aromatic carbocycles. The summed E-state index contributed by atoms with van der Waals surface area (Å²) >= 11 is 3.46. The molecular weight excluding hydrogens is 240 g/mol. The van der Waals surface area contributed by atoms with Gasteiger partial charge >= 0.3 is 0 Å². The Morgan fingerprint density at radius 1 is 1.36 bits per heavy atom. The minimum Gasteiger partial charge on any atom is -0.272 e. The van der Waals surface area contributed by atoms with Crippen molar-refractivity contribution in [2.45, 2.75) is 6.92 Å². The summed E-state index contributed by atoms with van der Waals surface area (Å²) in [6.07, 6.45) is 1.90. The normalized spacial score (nSPS) is 10.5. The standard InChI is InChI=1S/C11H11BrN2/c1-8-11(7-13-14(8)2)9-4-3-5-10(12)6-9/h3-7H,1-2H3. The van der Waals surface area contributed by atoms with Gasteiger partial charge in [0.25, 0.3) is 0 Å². The third-order valence-electron chi connectivity index (χ3n) is 2.37. The Bertz CT molecular complexity index is 460. The van der Waals surface area contributed by atoms with Gasteiger partial charge < -0.3 is 0 Å². The Hall–Kier alpha value is -1.09. The lowest BCUT2D eigenvalue weighted by Gasteiger charge is -2.01. The number of hydrogen-bond donors (Lipinski definition) is 0. The second-order valence-electron chi connectivity index (χ2n) is 3.28. The predicted octanol–water partition coefficient (Wildman–Crippen LogP) is 3.16. The van der Waals surface area contributed by atoms with Crippen molar-refractivity contribution in [3.8, 4) is 11.1 Å². The highest BCUT2D eigenvalue weighted by Gasteiger charge is 2.05. The molecule has 0 aliphatic heterocycles. The summed E-state index contributed by atoms with van der Waals surface area (Å²) < 4.78 is 2.98. The molecule has 0 aliphatic carbocycles. The Balaban J connectivity index is 2.55. The molecule has 3 heteroatoms. The molecule has 0 unspecified atom stereocenters. The van der Waals surface area contributed by atoms with Crippen LogP contribution < -0.4 is 0 Å². The molecule has 0 atom stereocenters. The third kappa shape index (κ3) is 1.60. The van der Waals surface area contributed by atoms with Crippen molar-refractivity contribution in [3.63, 3.8) is 0 Å². The first kappa shape index (κ1) is 9.46. The van der Waals surface area contributed by atoms with E-state index < -0.39 is 0 Å². The molecule has 2 rings (SSSR count). The number of hydrogen-bond acceptors (Lipinski definition) is 1. The van der Waals surface area contributed by atoms with Gasteiger partial charge in [-0.05, 0) is 24.6 Å². The summed E-state index contributed by atoms with van der Waals surface area (Å²) in [5.74, 6) is 0. The zero-order valence-electron chi connectivity index (χ0n) is 8.16. The van der Waals surface area contributed by atoms with Crippen molar-refractivity contribution >= 4 is 15.9 Å². The fourth-order valence-corrected chi connectivity index (χ4v) is 1.84. The summed E-state index contributed by atoms with van der Waals surface area (Å²) in [6.45, 7) is 2.07. The zero-order chi connectivity index (χ0) is 10.1. The molecule has 0 bridgehead atoms. The molecule has 0 N–H and O–H groups in total. The quantitative estimate of drug-likeness (QED) is 0.761. The molecule has 14 heavy (non-hydrogen) atoms. The van der Waals surface area contributed by atoms with Crippen LogP contribution in [0.15, 0.2) is 34.9 Å². The van der Waals surface area contributed by atoms with Gasteiger partial charge in [0, 0.05) is 22.8 Å². The van der Waals surface area contributed by atoms with Gasteiger partial charge in [0.1, 0.15) is 0 Å². The first-order valence-electron chi connectivity index (χ1n) is 4.43. The second kappa shape index (κ2) is 3.58. The average Bonchev–Trinajstić information content (AvgIpc) is 2.48. The third-order valence-corrected chi connectivity index (χ3v) is 2.86. The first-order valence-corrected chi connectivity index (χ1v) is 5.22. The van der Waals surface area contributed by atoms with Gasteiger partial charge in [0.15, 0.2) is 0 Å². The van der Waals surface area contributed by atoms with E-state index in [0.29, 0.717) is 0 Å². The van der Waals surface area contributed by atoms with Gasteiger partial charge in [-0.3, -0.25) is 4.68 Å². The van der Waals surface area contributed by atoms with Crippen LogP contribution in [0.1, 0.15) is 5.69 Å². The lowest BCUT2D eigenvalue weighted by Crippen LogP contribution is -1.92. The molecular formula is C11H11BrN2. The van der Waals surface area contributed by atoms with E-state index in [2.05, 4.69) is 40.1 Å². The molecule has 0 radical (unpaired) electrons. The molecule has 1 heterocycles. The molecule has 0 aliphatic rings. The van der Waals surface area contributed by atoms with Gasteiger partial charge in [-0.1, -0.05) is 28.1 Å². The van der Waals surface area contributed by atoms with Crippen molar-refractivity contribution in [1.29, 1.82) is 0 Å². The Labute approximate surface area is 91.7 Å². The molecule has 0 spiro atoms. The van der Waals surface area contributed by atoms with E-state index in [1.807, 2.05) is 30.1 Å². The van der Waals surface area contributed by atoms with Crippen LogP contribution >= 0.6 is 15.9 Å². The summed E-state index contributed by atoms with van der Waals surface area (Å²) in [4.78, 5) is 0. The number of halogens is 1. The number of benzene rings is 1. The van der Waals surface area contributed by atoms with Gasteiger partial charge in [0.2, 0.25) is 0 Å².